The van der Waals surface area contributed by atoms with Crippen LogP contribution in [-0.4, -0.2) is 31.6 Å². The number of benzene rings is 2. The van der Waals surface area contributed by atoms with Gasteiger partial charge in [0.1, 0.15) is 29.6 Å². The lowest BCUT2D eigenvalue weighted by Gasteiger charge is -2.08. The third-order valence-electron chi connectivity index (χ3n) is 3.49. The van der Waals surface area contributed by atoms with Crippen LogP contribution in [0.15, 0.2) is 47.5 Å². The van der Waals surface area contributed by atoms with E-state index in [1.807, 2.05) is 0 Å². The number of carbonyl (C=O) groups is 1. The van der Waals surface area contributed by atoms with Crippen LogP contribution < -0.4 is 10.1 Å². The second kappa shape index (κ2) is 6.66. The summed E-state index contributed by atoms with van der Waals surface area (Å²) >= 11 is 0. The van der Waals surface area contributed by atoms with Crippen molar-refractivity contribution in [2.75, 3.05) is 19.0 Å². The molecule has 0 saturated carbocycles. The smallest absolute Gasteiger partial charge is 0.252 e. The Morgan fingerprint density at radius 3 is 2.50 bits per heavy atom. The molecule has 0 spiro atoms. The van der Waals surface area contributed by atoms with Gasteiger partial charge in [0.2, 0.25) is 5.90 Å². The number of hydrogen-bond donors (Lipinski definition) is 1. The first-order valence-electron chi connectivity index (χ1n) is 7.18. The lowest BCUT2D eigenvalue weighted by molar-refractivity contribution is -0.117. The topological polar surface area (TPSA) is 59.9 Å². The summed E-state index contributed by atoms with van der Waals surface area (Å²) in [5.74, 6) is -1.55. The molecule has 0 aliphatic carbocycles. The van der Waals surface area contributed by atoms with E-state index >= 15 is 0 Å². The fourth-order valence-corrected chi connectivity index (χ4v) is 2.25. The van der Waals surface area contributed by atoms with Crippen molar-refractivity contribution in [2.45, 2.75) is 6.04 Å². The minimum Gasteiger partial charge on any atom is -0.497 e. The van der Waals surface area contributed by atoms with Crippen LogP contribution in [0.3, 0.4) is 0 Å². The molecule has 1 amide bonds. The quantitative estimate of drug-likeness (QED) is 0.936. The molecule has 7 heteroatoms. The molecule has 1 aliphatic rings. The van der Waals surface area contributed by atoms with E-state index < -0.39 is 23.6 Å². The highest BCUT2D eigenvalue weighted by Crippen LogP contribution is 2.20. The van der Waals surface area contributed by atoms with Crippen molar-refractivity contribution >= 4 is 17.5 Å². The third kappa shape index (κ3) is 3.19. The van der Waals surface area contributed by atoms with E-state index in [9.17, 15) is 13.6 Å². The van der Waals surface area contributed by atoms with Crippen molar-refractivity contribution in [1.82, 2.24) is 0 Å². The molecule has 0 saturated heterocycles. The number of nitrogens with zero attached hydrogens (tertiary/aromatic N) is 1. The number of carbonyl (C=O) groups excluding carboxylic acids is 1. The Bertz CT molecular complexity index is 771. The Morgan fingerprint density at radius 2 is 1.88 bits per heavy atom. The summed E-state index contributed by atoms with van der Waals surface area (Å²) in [7, 11) is 1.54. The fourth-order valence-electron chi connectivity index (χ4n) is 2.25. The monoisotopic (exact) mass is 332 g/mol. The number of anilines is 1. The molecule has 0 fully saturated rings. The molecule has 1 unspecified atom stereocenters. The Kier molecular flexibility index (Phi) is 4.41. The number of halogens is 2. The Labute approximate surface area is 136 Å². The van der Waals surface area contributed by atoms with E-state index in [1.54, 1.807) is 31.4 Å². The molecule has 124 valence electrons. The molecular formula is C17H14F2N2O3. The standard InChI is InChI=1S/C17H14F2N2O3/c1-23-11-7-5-10(6-8-11)20-16(22)14-9-24-17(21-14)15-12(18)3-2-4-13(15)19/h2-8,14H,9H2,1H3,(H,20,22). The van der Waals surface area contributed by atoms with Crippen LogP contribution in [0.1, 0.15) is 5.56 Å². The number of methoxy groups -OCH3 is 1. The summed E-state index contributed by atoms with van der Waals surface area (Å²) in [6, 6.07) is 9.33. The van der Waals surface area contributed by atoms with Gasteiger partial charge in [-0.25, -0.2) is 13.8 Å². The number of rotatable bonds is 4. The van der Waals surface area contributed by atoms with Crippen LogP contribution in [0.4, 0.5) is 14.5 Å². The predicted octanol–water partition coefficient (Wildman–Crippen LogP) is 2.76. The molecule has 1 heterocycles. The van der Waals surface area contributed by atoms with Crippen LogP contribution in [0.2, 0.25) is 0 Å². The first-order valence-corrected chi connectivity index (χ1v) is 7.18. The highest BCUT2D eigenvalue weighted by molar-refractivity contribution is 6.02. The van der Waals surface area contributed by atoms with Crippen LogP contribution >= 0.6 is 0 Å². The van der Waals surface area contributed by atoms with Crippen LogP contribution in [0.5, 0.6) is 5.75 Å². The zero-order valence-electron chi connectivity index (χ0n) is 12.8. The van der Waals surface area contributed by atoms with Gasteiger partial charge in [-0.1, -0.05) is 6.07 Å². The van der Waals surface area contributed by atoms with Crippen molar-refractivity contribution in [3.8, 4) is 5.75 Å². The molecule has 24 heavy (non-hydrogen) atoms. The van der Waals surface area contributed by atoms with Crippen LogP contribution in [-0.2, 0) is 9.53 Å². The van der Waals surface area contributed by atoms with Gasteiger partial charge >= 0.3 is 0 Å². The lowest BCUT2D eigenvalue weighted by Crippen LogP contribution is -2.27. The van der Waals surface area contributed by atoms with Gasteiger partial charge in [0, 0.05) is 5.69 Å². The van der Waals surface area contributed by atoms with Crippen LogP contribution in [0, 0.1) is 11.6 Å². The summed E-state index contributed by atoms with van der Waals surface area (Å²) in [6.07, 6.45) is 0. The second-order valence-electron chi connectivity index (χ2n) is 5.08. The van der Waals surface area contributed by atoms with E-state index in [0.717, 1.165) is 12.1 Å². The van der Waals surface area contributed by atoms with E-state index in [1.165, 1.54) is 6.07 Å². The normalized spacial score (nSPS) is 16.3. The van der Waals surface area contributed by atoms with Gasteiger partial charge in [0.05, 0.1) is 7.11 Å². The molecule has 3 rings (SSSR count). The largest absolute Gasteiger partial charge is 0.497 e. The first kappa shape index (κ1) is 15.9. The van der Waals surface area contributed by atoms with Gasteiger partial charge in [-0.05, 0) is 36.4 Å². The number of ether oxygens (including phenoxy) is 2. The molecule has 5 nitrogen and oxygen atoms in total. The second-order valence-corrected chi connectivity index (χ2v) is 5.08. The summed E-state index contributed by atoms with van der Waals surface area (Å²) in [5, 5.41) is 2.67. The zero-order chi connectivity index (χ0) is 17.1. The average molecular weight is 332 g/mol. The molecule has 2 aromatic rings. The molecule has 0 radical (unpaired) electrons. The van der Waals surface area contributed by atoms with Gasteiger partial charge in [0.15, 0.2) is 6.04 Å². The maximum atomic E-state index is 13.7. The average Bonchev–Trinajstić information content (AvgIpc) is 3.05. The number of nitrogens with one attached hydrogen (secondary N) is 1. The fraction of sp³-hybridized carbons (Fsp3) is 0.176. The molecule has 1 aliphatic heterocycles. The third-order valence-corrected chi connectivity index (χ3v) is 3.49. The minimum atomic E-state index is -0.874. The Balaban J connectivity index is 1.74. The maximum Gasteiger partial charge on any atom is 0.252 e. The lowest BCUT2D eigenvalue weighted by atomic mass is 10.2. The summed E-state index contributed by atoms with van der Waals surface area (Å²) < 4.78 is 37.7. The number of aliphatic imine (C=N–C) groups is 1. The Hall–Kier alpha value is -2.96. The number of hydrogen-bond acceptors (Lipinski definition) is 4. The zero-order valence-corrected chi connectivity index (χ0v) is 12.8. The molecule has 0 aromatic heterocycles. The SMILES string of the molecule is COc1ccc(NC(=O)C2COC(c3c(F)cccc3F)=N2)cc1. The Morgan fingerprint density at radius 1 is 1.21 bits per heavy atom. The predicted molar refractivity (Wildman–Crippen MR) is 84.3 cm³/mol. The van der Waals surface area contributed by atoms with Crippen molar-refractivity contribution < 1.29 is 23.0 Å². The summed E-state index contributed by atoms with van der Waals surface area (Å²) in [4.78, 5) is 16.2. The highest BCUT2D eigenvalue weighted by Gasteiger charge is 2.29. The van der Waals surface area contributed by atoms with E-state index in [-0.39, 0.29) is 18.1 Å². The van der Waals surface area contributed by atoms with Crippen molar-refractivity contribution in [3.63, 3.8) is 0 Å². The van der Waals surface area contributed by atoms with Gasteiger partial charge in [-0.15, -0.1) is 0 Å². The summed E-state index contributed by atoms with van der Waals surface area (Å²) in [6.45, 7) is -0.0783. The minimum absolute atomic E-state index is 0.0783. The van der Waals surface area contributed by atoms with E-state index in [4.69, 9.17) is 9.47 Å². The van der Waals surface area contributed by atoms with Gasteiger partial charge in [-0.2, -0.15) is 0 Å². The van der Waals surface area contributed by atoms with E-state index in [2.05, 4.69) is 10.3 Å². The highest BCUT2D eigenvalue weighted by atomic mass is 19.1. The first-order chi connectivity index (χ1) is 11.6. The van der Waals surface area contributed by atoms with Gasteiger partial charge in [-0.3, -0.25) is 4.79 Å². The number of amides is 1. The van der Waals surface area contributed by atoms with Gasteiger partial charge in [0.25, 0.3) is 5.91 Å². The molecule has 0 bridgehead atoms. The van der Waals surface area contributed by atoms with Gasteiger partial charge < -0.3 is 14.8 Å². The molecule has 1 atom stereocenters. The van der Waals surface area contributed by atoms with E-state index in [0.29, 0.717) is 11.4 Å². The summed E-state index contributed by atoms with van der Waals surface area (Å²) in [5.41, 5.74) is 0.193. The molecular weight excluding hydrogens is 318 g/mol. The molecule has 1 N–H and O–H groups in total. The molecule has 2 aromatic carbocycles. The van der Waals surface area contributed by atoms with Crippen molar-refractivity contribution in [2.24, 2.45) is 4.99 Å². The van der Waals surface area contributed by atoms with Crippen LogP contribution in [0.25, 0.3) is 0 Å². The van der Waals surface area contributed by atoms with Crippen molar-refractivity contribution in [1.29, 1.82) is 0 Å². The maximum absolute atomic E-state index is 13.7. The van der Waals surface area contributed by atoms with Crippen molar-refractivity contribution in [3.05, 3.63) is 59.7 Å².